The summed E-state index contributed by atoms with van der Waals surface area (Å²) in [5.74, 6) is 3.43. The number of methoxy groups -OCH3 is 4. The summed E-state index contributed by atoms with van der Waals surface area (Å²) in [5.41, 5.74) is 11.6. The molecular weight excluding hydrogens is 552 g/mol. The Morgan fingerprint density at radius 2 is 0.636 bits per heavy atom. The standard InChI is InChI=1S/C20H26O2.C18H22O4/c1-12-10-19(21-6)14(3)8-17(12)16(5)18-9-15(4)20(22-7)11-13(18)2;1-10-6-17(21-4)15(19)8-13(10)12(3)14-9-16(20)18(22-5)7-11(14)2/h8-11,16H,1-7H3;6-9,12,19-20H,1-5H3. The van der Waals surface area contributed by atoms with Crippen molar-refractivity contribution in [2.24, 2.45) is 0 Å². The molecule has 0 amide bonds. The van der Waals surface area contributed by atoms with Crippen LogP contribution >= 0.6 is 0 Å². The van der Waals surface area contributed by atoms with Crippen LogP contribution in [0.1, 0.15) is 81.3 Å². The molecule has 4 aromatic carbocycles. The van der Waals surface area contributed by atoms with Crippen LogP contribution < -0.4 is 18.9 Å². The summed E-state index contributed by atoms with van der Waals surface area (Å²) < 4.78 is 21.1. The van der Waals surface area contributed by atoms with E-state index in [-0.39, 0.29) is 17.4 Å². The number of phenols is 2. The topological polar surface area (TPSA) is 77.4 Å². The number of rotatable bonds is 8. The van der Waals surface area contributed by atoms with Crippen LogP contribution in [0.4, 0.5) is 0 Å². The number of aryl methyl sites for hydroxylation is 6. The molecule has 236 valence electrons. The van der Waals surface area contributed by atoms with Gasteiger partial charge in [-0.15, -0.1) is 0 Å². The Morgan fingerprint density at radius 1 is 0.386 bits per heavy atom. The summed E-state index contributed by atoms with van der Waals surface area (Å²) in [6, 6.07) is 15.8. The van der Waals surface area contributed by atoms with E-state index in [1.54, 1.807) is 26.4 Å². The Balaban J connectivity index is 0.000000240. The van der Waals surface area contributed by atoms with Crippen molar-refractivity contribution in [3.63, 3.8) is 0 Å². The molecule has 6 heteroatoms. The molecule has 0 aliphatic carbocycles. The van der Waals surface area contributed by atoms with Crippen molar-refractivity contribution < 1.29 is 29.2 Å². The van der Waals surface area contributed by atoms with Gasteiger partial charge in [0.1, 0.15) is 11.5 Å². The van der Waals surface area contributed by atoms with Gasteiger partial charge in [0.05, 0.1) is 28.4 Å². The molecule has 0 saturated carbocycles. The number of aromatic hydroxyl groups is 2. The van der Waals surface area contributed by atoms with E-state index in [2.05, 4.69) is 58.9 Å². The highest BCUT2D eigenvalue weighted by molar-refractivity contribution is 5.54. The quantitative estimate of drug-likeness (QED) is 0.210. The molecule has 0 aliphatic rings. The SMILES string of the molecule is COc1cc(C)c(C(C)c2cc(C)c(OC)cc2C)cc1C.COc1cc(C)c(C(C)c2cc(O)c(OC)cc2C)cc1O. The average molecular weight is 601 g/mol. The van der Waals surface area contributed by atoms with Crippen LogP contribution in [-0.2, 0) is 0 Å². The third kappa shape index (κ3) is 7.24. The maximum atomic E-state index is 10.0. The van der Waals surface area contributed by atoms with Gasteiger partial charge in [0.2, 0.25) is 0 Å². The summed E-state index contributed by atoms with van der Waals surface area (Å²) in [4.78, 5) is 0. The van der Waals surface area contributed by atoms with E-state index >= 15 is 0 Å². The van der Waals surface area contributed by atoms with Gasteiger partial charge in [-0.25, -0.2) is 0 Å². The van der Waals surface area contributed by atoms with Gasteiger partial charge in [-0.05, 0) is 134 Å². The molecular formula is C38H48O6. The van der Waals surface area contributed by atoms with E-state index in [9.17, 15) is 10.2 Å². The van der Waals surface area contributed by atoms with E-state index in [1.165, 1.54) is 47.6 Å². The smallest absolute Gasteiger partial charge is 0.160 e. The summed E-state index contributed by atoms with van der Waals surface area (Å²) in [7, 11) is 6.51. The molecule has 0 fully saturated rings. The van der Waals surface area contributed by atoms with Gasteiger partial charge >= 0.3 is 0 Å². The lowest BCUT2D eigenvalue weighted by molar-refractivity contribution is 0.372. The highest BCUT2D eigenvalue weighted by Crippen LogP contribution is 2.39. The molecule has 44 heavy (non-hydrogen) atoms. The molecule has 0 unspecified atom stereocenters. The van der Waals surface area contributed by atoms with Gasteiger partial charge in [0.25, 0.3) is 0 Å². The van der Waals surface area contributed by atoms with Crippen LogP contribution in [0.2, 0.25) is 0 Å². The molecule has 0 aromatic heterocycles. The van der Waals surface area contributed by atoms with Crippen molar-refractivity contribution in [2.45, 2.75) is 67.2 Å². The molecule has 4 aromatic rings. The number of ether oxygens (including phenoxy) is 4. The normalized spacial score (nSPS) is 10.9. The number of hydrogen-bond acceptors (Lipinski definition) is 6. The lowest BCUT2D eigenvalue weighted by atomic mass is 9.85. The molecule has 0 radical (unpaired) electrons. The third-order valence-corrected chi connectivity index (χ3v) is 8.57. The minimum Gasteiger partial charge on any atom is -0.504 e. The molecule has 6 nitrogen and oxygen atoms in total. The van der Waals surface area contributed by atoms with Gasteiger partial charge in [-0.2, -0.15) is 0 Å². The summed E-state index contributed by atoms with van der Waals surface area (Å²) in [6.45, 7) is 16.8. The third-order valence-electron chi connectivity index (χ3n) is 8.57. The minimum atomic E-state index is 0.0219. The maximum Gasteiger partial charge on any atom is 0.160 e. The lowest BCUT2D eigenvalue weighted by Gasteiger charge is -2.21. The maximum absolute atomic E-state index is 10.0. The zero-order valence-corrected chi connectivity index (χ0v) is 28.3. The Hall–Kier alpha value is -4.32. The summed E-state index contributed by atoms with van der Waals surface area (Å²) in [6.07, 6.45) is 0. The van der Waals surface area contributed by atoms with Crippen LogP contribution in [0.5, 0.6) is 34.5 Å². The van der Waals surface area contributed by atoms with Gasteiger partial charge < -0.3 is 29.2 Å². The second-order valence-electron chi connectivity index (χ2n) is 11.6. The van der Waals surface area contributed by atoms with Gasteiger partial charge in [0, 0.05) is 11.8 Å². The molecule has 0 heterocycles. The first kappa shape index (κ1) is 34.2. The molecule has 2 N–H and O–H groups in total. The largest absolute Gasteiger partial charge is 0.504 e. The van der Waals surface area contributed by atoms with Gasteiger partial charge in [-0.1, -0.05) is 26.0 Å². The predicted molar refractivity (Wildman–Crippen MR) is 179 cm³/mol. The van der Waals surface area contributed by atoms with Crippen LogP contribution in [0, 0.1) is 41.5 Å². The lowest BCUT2D eigenvalue weighted by Crippen LogP contribution is -2.04. The Labute approximate surface area is 263 Å². The summed E-state index contributed by atoms with van der Waals surface area (Å²) >= 11 is 0. The van der Waals surface area contributed by atoms with Crippen molar-refractivity contribution in [1.29, 1.82) is 0 Å². The first-order valence-electron chi connectivity index (χ1n) is 14.8. The average Bonchev–Trinajstić information content (AvgIpc) is 3.00. The Morgan fingerprint density at radius 3 is 0.909 bits per heavy atom. The Bertz CT molecular complexity index is 1380. The zero-order valence-electron chi connectivity index (χ0n) is 28.3. The van der Waals surface area contributed by atoms with E-state index in [0.717, 1.165) is 33.8 Å². The zero-order chi connectivity index (χ0) is 32.9. The molecule has 0 bridgehead atoms. The number of phenolic OH excluding ortho intramolecular Hbond substituents is 2. The number of hydrogen-bond donors (Lipinski definition) is 2. The molecule has 0 spiro atoms. The Kier molecular flexibility index (Phi) is 11.2. The van der Waals surface area contributed by atoms with Crippen molar-refractivity contribution in [2.75, 3.05) is 28.4 Å². The highest BCUT2D eigenvalue weighted by Gasteiger charge is 2.19. The predicted octanol–water partition coefficient (Wildman–Crippen LogP) is 8.97. The monoisotopic (exact) mass is 600 g/mol. The second-order valence-corrected chi connectivity index (χ2v) is 11.6. The van der Waals surface area contributed by atoms with Crippen LogP contribution in [0.15, 0.2) is 48.5 Å². The van der Waals surface area contributed by atoms with Crippen molar-refractivity contribution in [3.8, 4) is 34.5 Å². The fourth-order valence-corrected chi connectivity index (χ4v) is 5.96. The van der Waals surface area contributed by atoms with E-state index in [1.807, 2.05) is 32.9 Å². The van der Waals surface area contributed by atoms with Crippen LogP contribution in [0.25, 0.3) is 0 Å². The second kappa shape index (κ2) is 14.4. The number of benzene rings is 4. The van der Waals surface area contributed by atoms with Crippen molar-refractivity contribution in [3.05, 3.63) is 104 Å². The fraction of sp³-hybridized carbons (Fsp3) is 0.368. The molecule has 0 atom stereocenters. The fourth-order valence-electron chi connectivity index (χ4n) is 5.96. The highest BCUT2D eigenvalue weighted by atomic mass is 16.5. The van der Waals surface area contributed by atoms with Gasteiger partial charge in [-0.3, -0.25) is 0 Å². The molecule has 0 saturated heterocycles. The van der Waals surface area contributed by atoms with E-state index in [0.29, 0.717) is 17.4 Å². The van der Waals surface area contributed by atoms with Crippen LogP contribution in [0.3, 0.4) is 0 Å². The molecule has 4 rings (SSSR count). The summed E-state index contributed by atoms with van der Waals surface area (Å²) in [5, 5.41) is 20.0. The first-order chi connectivity index (χ1) is 20.8. The van der Waals surface area contributed by atoms with Gasteiger partial charge in [0.15, 0.2) is 23.0 Å². The van der Waals surface area contributed by atoms with Crippen LogP contribution in [-0.4, -0.2) is 38.7 Å². The minimum absolute atomic E-state index is 0.0219. The first-order valence-corrected chi connectivity index (χ1v) is 14.8. The molecule has 0 aliphatic heterocycles. The van der Waals surface area contributed by atoms with E-state index in [4.69, 9.17) is 18.9 Å². The van der Waals surface area contributed by atoms with Crippen molar-refractivity contribution in [1.82, 2.24) is 0 Å². The van der Waals surface area contributed by atoms with E-state index < -0.39 is 0 Å². The van der Waals surface area contributed by atoms with Crippen molar-refractivity contribution >= 4 is 0 Å².